The van der Waals surface area contributed by atoms with Crippen molar-refractivity contribution in [1.82, 2.24) is 5.32 Å². The molecule has 0 amide bonds. The molecule has 66 valence electrons. The predicted octanol–water partition coefficient (Wildman–Crippen LogP) is -0.572. The van der Waals surface area contributed by atoms with Crippen LogP contribution in [0.2, 0.25) is 0 Å². The zero-order valence-corrected chi connectivity index (χ0v) is 6.71. The third kappa shape index (κ3) is 1.26. The molecule has 1 rings (SSSR count). The lowest BCUT2D eigenvalue weighted by Crippen LogP contribution is -2.40. The molecule has 0 aromatic heterocycles. The molecule has 11 heavy (non-hydrogen) atoms. The van der Waals surface area contributed by atoms with Crippen molar-refractivity contribution in [3.8, 4) is 0 Å². The minimum atomic E-state index is -1.63. The van der Waals surface area contributed by atoms with Crippen molar-refractivity contribution in [3.63, 3.8) is 0 Å². The summed E-state index contributed by atoms with van der Waals surface area (Å²) in [4.78, 5) is 0. The van der Waals surface area contributed by atoms with Gasteiger partial charge in [0.25, 0.3) is 0 Å². The van der Waals surface area contributed by atoms with Gasteiger partial charge in [-0.25, -0.2) is 4.39 Å². The van der Waals surface area contributed by atoms with Gasteiger partial charge in [-0.3, -0.25) is 0 Å². The Morgan fingerprint density at radius 1 is 1.64 bits per heavy atom. The van der Waals surface area contributed by atoms with Gasteiger partial charge >= 0.3 is 0 Å². The van der Waals surface area contributed by atoms with E-state index in [1.807, 2.05) is 0 Å². The summed E-state index contributed by atoms with van der Waals surface area (Å²) < 4.78 is 13.4. The number of alkyl halides is 1. The predicted molar refractivity (Wildman–Crippen MR) is 39.0 cm³/mol. The summed E-state index contributed by atoms with van der Waals surface area (Å²) in [6.07, 6.45) is -1.11. The Morgan fingerprint density at radius 2 is 2.18 bits per heavy atom. The molecule has 4 atom stereocenters. The number of hydrogen-bond donors (Lipinski definition) is 3. The molecule has 1 saturated heterocycles. The second-order valence-corrected chi connectivity index (χ2v) is 3.27. The second kappa shape index (κ2) is 2.69. The van der Waals surface area contributed by atoms with Gasteiger partial charge in [-0.2, -0.15) is 0 Å². The Hall–Kier alpha value is -0.190. The summed E-state index contributed by atoms with van der Waals surface area (Å²) in [6.45, 7) is 2.76. The molecule has 1 fully saturated rings. The van der Waals surface area contributed by atoms with Gasteiger partial charge in [0.05, 0.1) is 12.6 Å². The highest BCUT2D eigenvalue weighted by Crippen LogP contribution is 2.28. The van der Waals surface area contributed by atoms with E-state index in [1.54, 1.807) is 6.92 Å². The molecule has 0 bridgehead atoms. The standard InChI is InChI=1S/C7H14FNO2/c1-4-7(2,8)6(11)5(3-10)9-4/h4-6,9-11H,3H2,1-2H3/t4-,5+,6+,7-/m0/s1. The molecule has 0 aromatic rings. The number of halogens is 1. The molecular formula is C7H14FNO2. The third-order valence-corrected chi connectivity index (χ3v) is 2.47. The molecule has 3 N–H and O–H groups in total. The van der Waals surface area contributed by atoms with Crippen LogP contribution in [0.1, 0.15) is 13.8 Å². The van der Waals surface area contributed by atoms with E-state index < -0.39 is 23.9 Å². The Balaban J connectivity index is 2.71. The summed E-state index contributed by atoms with van der Waals surface area (Å²) in [5.74, 6) is 0. The summed E-state index contributed by atoms with van der Waals surface area (Å²) in [5, 5.41) is 20.8. The van der Waals surface area contributed by atoms with Crippen LogP contribution in [0.15, 0.2) is 0 Å². The van der Waals surface area contributed by atoms with E-state index in [0.29, 0.717) is 0 Å². The van der Waals surface area contributed by atoms with E-state index in [4.69, 9.17) is 5.11 Å². The first kappa shape index (κ1) is 8.90. The van der Waals surface area contributed by atoms with E-state index in [1.165, 1.54) is 6.92 Å². The Kier molecular flexibility index (Phi) is 2.18. The lowest BCUT2D eigenvalue weighted by molar-refractivity contribution is 0.00753. The molecule has 0 radical (unpaired) electrons. The average molecular weight is 163 g/mol. The van der Waals surface area contributed by atoms with Gasteiger partial charge in [0.2, 0.25) is 0 Å². The van der Waals surface area contributed by atoms with Crippen molar-refractivity contribution in [2.75, 3.05) is 6.61 Å². The molecule has 0 spiro atoms. The van der Waals surface area contributed by atoms with Crippen LogP contribution in [0.3, 0.4) is 0 Å². The maximum atomic E-state index is 13.4. The van der Waals surface area contributed by atoms with Crippen molar-refractivity contribution >= 4 is 0 Å². The van der Waals surface area contributed by atoms with E-state index >= 15 is 0 Å². The quantitative estimate of drug-likeness (QED) is 0.485. The number of hydrogen-bond acceptors (Lipinski definition) is 3. The highest BCUT2D eigenvalue weighted by molar-refractivity contribution is 5.05. The molecule has 0 saturated carbocycles. The molecule has 0 aromatic carbocycles. The van der Waals surface area contributed by atoms with E-state index in [9.17, 15) is 9.50 Å². The number of aliphatic hydroxyl groups is 2. The van der Waals surface area contributed by atoms with Crippen LogP contribution in [0.25, 0.3) is 0 Å². The number of aliphatic hydroxyl groups excluding tert-OH is 2. The van der Waals surface area contributed by atoms with E-state index in [2.05, 4.69) is 5.32 Å². The molecule has 3 nitrogen and oxygen atoms in total. The minimum absolute atomic E-state index is 0.231. The SMILES string of the molecule is C[C@@H]1N[C@H](CO)[C@@H](O)[C@@]1(C)F. The monoisotopic (exact) mass is 163 g/mol. The van der Waals surface area contributed by atoms with Crippen LogP contribution in [0, 0.1) is 0 Å². The van der Waals surface area contributed by atoms with Crippen molar-refractivity contribution in [2.24, 2.45) is 0 Å². The molecule has 4 heteroatoms. The molecule has 1 aliphatic heterocycles. The Bertz CT molecular complexity index is 151. The molecule has 1 heterocycles. The average Bonchev–Trinajstić information content (AvgIpc) is 2.14. The summed E-state index contributed by atoms with van der Waals surface area (Å²) in [7, 11) is 0. The van der Waals surface area contributed by atoms with Crippen LogP contribution in [-0.2, 0) is 0 Å². The number of nitrogens with one attached hydrogen (secondary N) is 1. The second-order valence-electron chi connectivity index (χ2n) is 3.27. The minimum Gasteiger partial charge on any atom is -0.395 e. The normalized spacial score (nSPS) is 51.5. The first-order valence-corrected chi connectivity index (χ1v) is 3.74. The third-order valence-electron chi connectivity index (χ3n) is 2.47. The van der Waals surface area contributed by atoms with Crippen molar-refractivity contribution in [3.05, 3.63) is 0 Å². The van der Waals surface area contributed by atoms with Gasteiger partial charge in [0, 0.05) is 6.04 Å². The van der Waals surface area contributed by atoms with Gasteiger partial charge in [0.1, 0.15) is 11.8 Å². The largest absolute Gasteiger partial charge is 0.395 e. The Morgan fingerprint density at radius 3 is 2.36 bits per heavy atom. The highest BCUT2D eigenvalue weighted by atomic mass is 19.1. The molecule has 0 unspecified atom stereocenters. The smallest absolute Gasteiger partial charge is 0.150 e. The number of rotatable bonds is 1. The van der Waals surface area contributed by atoms with Crippen molar-refractivity contribution < 1.29 is 14.6 Å². The lowest BCUT2D eigenvalue weighted by Gasteiger charge is -2.22. The van der Waals surface area contributed by atoms with Crippen LogP contribution >= 0.6 is 0 Å². The van der Waals surface area contributed by atoms with Crippen LogP contribution < -0.4 is 5.32 Å². The zero-order valence-electron chi connectivity index (χ0n) is 6.71. The van der Waals surface area contributed by atoms with Crippen LogP contribution in [0.5, 0.6) is 0 Å². The fraction of sp³-hybridized carbons (Fsp3) is 1.00. The first-order chi connectivity index (χ1) is 5.00. The first-order valence-electron chi connectivity index (χ1n) is 3.74. The molecule has 1 aliphatic rings. The fourth-order valence-electron chi connectivity index (χ4n) is 1.38. The van der Waals surface area contributed by atoms with Gasteiger partial charge in [0.15, 0.2) is 0 Å². The van der Waals surface area contributed by atoms with Gasteiger partial charge in [-0.05, 0) is 13.8 Å². The van der Waals surface area contributed by atoms with Crippen LogP contribution in [0.4, 0.5) is 4.39 Å². The topological polar surface area (TPSA) is 52.5 Å². The van der Waals surface area contributed by atoms with Crippen molar-refractivity contribution in [2.45, 2.75) is 37.7 Å². The van der Waals surface area contributed by atoms with Crippen molar-refractivity contribution in [1.29, 1.82) is 0 Å². The highest BCUT2D eigenvalue weighted by Gasteiger charge is 2.49. The zero-order chi connectivity index (χ0) is 8.65. The fourth-order valence-corrected chi connectivity index (χ4v) is 1.38. The van der Waals surface area contributed by atoms with Crippen LogP contribution in [-0.4, -0.2) is 40.7 Å². The Labute approximate surface area is 65.2 Å². The van der Waals surface area contributed by atoms with Gasteiger partial charge < -0.3 is 15.5 Å². The summed E-state index contributed by atoms with van der Waals surface area (Å²) in [5.41, 5.74) is -1.63. The van der Waals surface area contributed by atoms with Gasteiger partial charge in [-0.15, -0.1) is 0 Å². The van der Waals surface area contributed by atoms with E-state index in [0.717, 1.165) is 0 Å². The maximum absolute atomic E-state index is 13.4. The van der Waals surface area contributed by atoms with E-state index in [-0.39, 0.29) is 6.61 Å². The molecular weight excluding hydrogens is 149 g/mol. The maximum Gasteiger partial charge on any atom is 0.150 e. The summed E-state index contributed by atoms with van der Waals surface area (Å²) in [6, 6.07) is -0.936. The summed E-state index contributed by atoms with van der Waals surface area (Å²) >= 11 is 0. The molecule has 0 aliphatic carbocycles. The van der Waals surface area contributed by atoms with Gasteiger partial charge in [-0.1, -0.05) is 0 Å². The lowest BCUT2D eigenvalue weighted by atomic mass is 9.96.